The van der Waals surface area contributed by atoms with E-state index in [4.69, 9.17) is 23.7 Å². The minimum atomic E-state index is 0.778. The fourth-order valence-electron chi connectivity index (χ4n) is 2.90. The predicted molar refractivity (Wildman–Crippen MR) is 119 cm³/mol. The maximum atomic E-state index is 5.19. The Morgan fingerprint density at radius 3 is 0.655 bits per heavy atom. The molecule has 29 heavy (non-hydrogen) atoms. The van der Waals surface area contributed by atoms with Crippen LogP contribution in [0, 0.1) is 0 Å². The number of rotatable bonds is 0. The first-order valence-electron chi connectivity index (χ1n) is 12.4. The first kappa shape index (κ1) is 26.8. The van der Waals surface area contributed by atoms with Crippen molar-refractivity contribution in [3.8, 4) is 0 Å². The molecule has 0 radical (unpaired) electrons. The summed E-state index contributed by atoms with van der Waals surface area (Å²) in [6.07, 6.45) is 18.8. The van der Waals surface area contributed by atoms with Crippen molar-refractivity contribution < 1.29 is 23.7 Å². The molecule has 174 valence electrons. The Morgan fingerprint density at radius 2 is 0.379 bits per heavy atom. The fraction of sp³-hybridized carbons (Fsp3) is 1.00. The van der Waals surface area contributed by atoms with E-state index in [0.29, 0.717) is 0 Å². The molecule has 5 aliphatic rings. The Balaban J connectivity index is 0.000000184. The normalized spacial score (nSPS) is 24.0. The maximum Gasteiger partial charge on any atom is 0.0700 e. The Hall–Kier alpha value is -0.200. The van der Waals surface area contributed by atoms with Crippen LogP contribution in [0.25, 0.3) is 0 Å². The molecule has 5 nitrogen and oxygen atoms in total. The Labute approximate surface area is 180 Å². The molecule has 0 bridgehead atoms. The summed E-state index contributed by atoms with van der Waals surface area (Å²) < 4.78 is 25.3. The zero-order valence-electron chi connectivity index (χ0n) is 19.0. The SMILES string of the molecule is C1CCC1.C1CCCOCC1.C1CCOC1.C1CCOCC1.C1COCCOC1. The van der Waals surface area contributed by atoms with Crippen LogP contribution >= 0.6 is 0 Å². The highest BCUT2D eigenvalue weighted by atomic mass is 16.5. The number of ether oxygens (including phenoxy) is 5. The molecule has 0 aromatic rings. The van der Waals surface area contributed by atoms with Gasteiger partial charge in [-0.2, -0.15) is 0 Å². The lowest BCUT2D eigenvalue weighted by Crippen LogP contribution is -2.03. The first-order chi connectivity index (χ1) is 14.5. The van der Waals surface area contributed by atoms with Crippen LogP contribution in [0.1, 0.15) is 89.9 Å². The summed E-state index contributed by atoms with van der Waals surface area (Å²) >= 11 is 0. The van der Waals surface area contributed by atoms with E-state index in [0.717, 1.165) is 72.5 Å². The summed E-state index contributed by atoms with van der Waals surface area (Å²) in [5.41, 5.74) is 0. The van der Waals surface area contributed by atoms with Gasteiger partial charge in [0.1, 0.15) is 0 Å². The van der Waals surface area contributed by atoms with Gasteiger partial charge in [0.05, 0.1) is 13.2 Å². The summed E-state index contributed by atoms with van der Waals surface area (Å²) in [6, 6.07) is 0. The van der Waals surface area contributed by atoms with Crippen molar-refractivity contribution in [2.24, 2.45) is 0 Å². The summed E-state index contributed by atoms with van der Waals surface area (Å²) in [4.78, 5) is 0. The molecule has 1 aliphatic carbocycles. The Kier molecular flexibility index (Phi) is 22.3. The van der Waals surface area contributed by atoms with Gasteiger partial charge in [-0.1, -0.05) is 38.5 Å². The third-order valence-electron chi connectivity index (χ3n) is 5.18. The van der Waals surface area contributed by atoms with Crippen LogP contribution in [0.15, 0.2) is 0 Å². The van der Waals surface area contributed by atoms with Gasteiger partial charge in [-0.3, -0.25) is 0 Å². The highest BCUT2D eigenvalue weighted by molar-refractivity contribution is 4.51. The van der Waals surface area contributed by atoms with Crippen LogP contribution in [-0.2, 0) is 23.7 Å². The maximum absolute atomic E-state index is 5.19. The van der Waals surface area contributed by atoms with Gasteiger partial charge in [-0.05, 0) is 51.4 Å². The highest BCUT2D eigenvalue weighted by Crippen LogP contribution is 2.15. The van der Waals surface area contributed by atoms with E-state index >= 15 is 0 Å². The van der Waals surface area contributed by atoms with Crippen molar-refractivity contribution in [2.45, 2.75) is 89.9 Å². The lowest BCUT2D eigenvalue weighted by Gasteiger charge is -2.08. The summed E-state index contributed by atoms with van der Waals surface area (Å²) in [5.74, 6) is 0. The van der Waals surface area contributed by atoms with E-state index < -0.39 is 0 Å². The van der Waals surface area contributed by atoms with Crippen LogP contribution in [0.4, 0.5) is 0 Å². The third-order valence-corrected chi connectivity index (χ3v) is 5.18. The largest absolute Gasteiger partial charge is 0.381 e. The van der Waals surface area contributed by atoms with Gasteiger partial charge in [0.15, 0.2) is 0 Å². The van der Waals surface area contributed by atoms with Crippen LogP contribution in [0.2, 0.25) is 0 Å². The van der Waals surface area contributed by atoms with Gasteiger partial charge < -0.3 is 23.7 Å². The molecule has 0 unspecified atom stereocenters. The monoisotopic (exact) mass is 416 g/mol. The molecular weight excluding hydrogens is 368 g/mol. The van der Waals surface area contributed by atoms with Crippen molar-refractivity contribution in [2.75, 3.05) is 66.1 Å². The van der Waals surface area contributed by atoms with E-state index in [9.17, 15) is 0 Å². The van der Waals surface area contributed by atoms with Gasteiger partial charge >= 0.3 is 0 Å². The Bertz CT molecular complexity index is 213. The van der Waals surface area contributed by atoms with Crippen LogP contribution in [0.3, 0.4) is 0 Å². The zero-order chi connectivity index (χ0) is 20.5. The smallest absolute Gasteiger partial charge is 0.0700 e. The van der Waals surface area contributed by atoms with E-state index in [1.807, 2.05) is 0 Å². The average Bonchev–Trinajstić information content (AvgIpc) is 3.00. The molecule has 0 spiro atoms. The molecule has 5 heteroatoms. The fourth-order valence-corrected chi connectivity index (χ4v) is 2.90. The van der Waals surface area contributed by atoms with Gasteiger partial charge in [0.2, 0.25) is 0 Å². The van der Waals surface area contributed by atoms with E-state index in [2.05, 4.69) is 0 Å². The van der Waals surface area contributed by atoms with E-state index in [1.54, 1.807) is 0 Å². The first-order valence-corrected chi connectivity index (χ1v) is 12.4. The molecule has 5 rings (SSSR count). The Morgan fingerprint density at radius 1 is 0.172 bits per heavy atom. The van der Waals surface area contributed by atoms with Crippen molar-refractivity contribution in [1.29, 1.82) is 0 Å². The lowest BCUT2D eigenvalue weighted by molar-refractivity contribution is 0.0968. The molecule has 1 saturated carbocycles. The highest BCUT2D eigenvalue weighted by Gasteiger charge is 1.97. The average molecular weight is 417 g/mol. The number of hydrogen-bond donors (Lipinski definition) is 0. The molecule has 0 aromatic heterocycles. The quantitative estimate of drug-likeness (QED) is 0.518. The summed E-state index contributed by atoms with van der Waals surface area (Å²) in [7, 11) is 0. The summed E-state index contributed by atoms with van der Waals surface area (Å²) in [5, 5.41) is 0. The van der Waals surface area contributed by atoms with Crippen molar-refractivity contribution in [1.82, 2.24) is 0 Å². The molecule has 4 heterocycles. The van der Waals surface area contributed by atoms with Gasteiger partial charge in [-0.25, -0.2) is 0 Å². The van der Waals surface area contributed by atoms with E-state index in [1.165, 1.54) is 83.5 Å². The zero-order valence-corrected chi connectivity index (χ0v) is 19.0. The second-order valence-electron chi connectivity index (χ2n) is 8.01. The molecule has 0 amide bonds. The van der Waals surface area contributed by atoms with Gasteiger partial charge in [0, 0.05) is 52.9 Å². The molecular formula is C24H48O5. The second-order valence-corrected chi connectivity index (χ2v) is 8.01. The molecule has 0 N–H and O–H groups in total. The van der Waals surface area contributed by atoms with Gasteiger partial charge in [0.25, 0.3) is 0 Å². The van der Waals surface area contributed by atoms with Crippen molar-refractivity contribution in [3.63, 3.8) is 0 Å². The van der Waals surface area contributed by atoms with Crippen molar-refractivity contribution >= 4 is 0 Å². The lowest BCUT2D eigenvalue weighted by atomic mass is 10.0. The van der Waals surface area contributed by atoms with Crippen LogP contribution in [-0.4, -0.2) is 66.1 Å². The molecule has 5 fully saturated rings. The second kappa shape index (κ2) is 24.1. The van der Waals surface area contributed by atoms with Gasteiger partial charge in [-0.15, -0.1) is 0 Å². The van der Waals surface area contributed by atoms with Crippen LogP contribution in [0.5, 0.6) is 0 Å². The van der Waals surface area contributed by atoms with Crippen LogP contribution < -0.4 is 0 Å². The minimum absolute atomic E-state index is 0.778. The topological polar surface area (TPSA) is 46.2 Å². The van der Waals surface area contributed by atoms with Crippen molar-refractivity contribution in [3.05, 3.63) is 0 Å². The predicted octanol–water partition coefficient (Wildman–Crippen LogP) is 5.54. The van der Waals surface area contributed by atoms with E-state index in [-0.39, 0.29) is 0 Å². The number of hydrogen-bond acceptors (Lipinski definition) is 5. The molecule has 4 saturated heterocycles. The summed E-state index contributed by atoms with van der Waals surface area (Å²) in [6.45, 7) is 9.31. The third kappa shape index (κ3) is 22.3. The minimum Gasteiger partial charge on any atom is -0.381 e. The molecule has 4 aliphatic heterocycles. The standard InChI is InChI=1S/C6H12O.C5H10O2.C5H10O.C4H8O.C4H8/c1-2-4-6-7-5-3-1;1-2-6-4-5-7-3-1;1-2-4-6-5-3-1;1-2-4-5-3-1;1-2-4-3-1/h1-6H2;1-5H2;1-5H2;1-4H2;1-4H2. The molecule has 0 atom stereocenters. The molecule has 0 aromatic carbocycles.